The number of anilines is 3. The molecule has 0 saturated carbocycles. The van der Waals surface area contributed by atoms with E-state index >= 15 is 0 Å². The number of nitrogens with zero attached hydrogens (tertiary/aromatic N) is 4. The fraction of sp³-hybridized carbons (Fsp3) is 0.444. The summed E-state index contributed by atoms with van der Waals surface area (Å²) in [6, 6.07) is 2.65. The molecule has 1 fully saturated rings. The summed E-state index contributed by atoms with van der Waals surface area (Å²) < 4.78 is 44.3. The first-order chi connectivity index (χ1) is 14.8. The fourth-order valence-corrected chi connectivity index (χ4v) is 3.20. The molecule has 1 saturated heterocycles. The average molecular weight is 461 g/mol. The number of rotatable bonds is 8. The van der Waals surface area contributed by atoms with Crippen molar-refractivity contribution < 1.29 is 22.8 Å². The minimum atomic E-state index is -4.59. The zero-order valence-electron chi connectivity index (χ0n) is 16.3. The smallest absolute Gasteiger partial charge is 0.379 e. The Kier molecular flexibility index (Phi) is 7.46. The van der Waals surface area contributed by atoms with Gasteiger partial charge in [-0.1, -0.05) is 11.6 Å². The molecule has 0 aliphatic carbocycles. The van der Waals surface area contributed by atoms with Crippen molar-refractivity contribution in [3.05, 3.63) is 45.2 Å². The van der Waals surface area contributed by atoms with Crippen LogP contribution < -0.4 is 10.6 Å². The zero-order chi connectivity index (χ0) is 22.4. The first-order valence-corrected chi connectivity index (χ1v) is 9.80. The quantitative estimate of drug-likeness (QED) is 0.347. The van der Waals surface area contributed by atoms with Crippen LogP contribution in [0.4, 0.5) is 36.2 Å². The topological polar surface area (TPSA) is 105 Å². The van der Waals surface area contributed by atoms with E-state index in [4.69, 9.17) is 16.3 Å². The molecule has 0 atom stereocenters. The molecule has 2 aromatic rings. The Morgan fingerprint density at radius 1 is 1.23 bits per heavy atom. The van der Waals surface area contributed by atoms with Crippen LogP contribution >= 0.6 is 11.6 Å². The van der Waals surface area contributed by atoms with Gasteiger partial charge in [0, 0.05) is 19.6 Å². The van der Waals surface area contributed by atoms with E-state index in [1.807, 2.05) is 0 Å². The Morgan fingerprint density at radius 3 is 2.61 bits per heavy atom. The number of benzene rings is 1. The molecular weight excluding hydrogens is 441 g/mol. The first-order valence-electron chi connectivity index (χ1n) is 9.43. The highest BCUT2D eigenvalue weighted by molar-refractivity contribution is 6.33. The van der Waals surface area contributed by atoms with E-state index in [-0.39, 0.29) is 22.3 Å². The molecule has 168 valence electrons. The second-order valence-corrected chi connectivity index (χ2v) is 7.14. The van der Waals surface area contributed by atoms with Gasteiger partial charge < -0.3 is 15.4 Å². The van der Waals surface area contributed by atoms with Gasteiger partial charge in [0.15, 0.2) is 0 Å². The van der Waals surface area contributed by atoms with E-state index in [0.29, 0.717) is 26.2 Å². The number of hydrogen-bond acceptors (Lipinski definition) is 8. The Balaban J connectivity index is 1.73. The molecular formula is C18H20ClF3N6O3. The van der Waals surface area contributed by atoms with Crippen LogP contribution in [0.1, 0.15) is 12.0 Å². The van der Waals surface area contributed by atoms with Crippen LogP contribution in [-0.2, 0) is 10.9 Å². The number of hydrogen-bond donors (Lipinski definition) is 2. The number of morpholine rings is 1. The largest absolute Gasteiger partial charge is 0.416 e. The third-order valence-corrected chi connectivity index (χ3v) is 4.93. The van der Waals surface area contributed by atoms with Crippen LogP contribution in [0, 0.1) is 10.1 Å². The fourth-order valence-electron chi connectivity index (χ4n) is 3.03. The molecule has 1 aliphatic rings. The highest BCUT2D eigenvalue weighted by Crippen LogP contribution is 2.37. The van der Waals surface area contributed by atoms with Gasteiger partial charge in [0.1, 0.15) is 6.33 Å². The highest BCUT2D eigenvalue weighted by atomic mass is 35.5. The van der Waals surface area contributed by atoms with Gasteiger partial charge in [-0.15, -0.1) is 0 Å². The van der Waals surface area contributed by atoms with Gasteiger partial charge in [0.05, 0.1) is 34.4 Å². The lowest BCUT2D eigenvalue weighted by Gasteiger charge is -2.26. The van der Waals surface area contributed by atoms with E-state index < -0.39 is 22.4 Å². The van der Waals surface area contributed by atoms with Crippen molar-refractivity contribution in [1.29, 1.82) is 0 Å². The molecule has 13 heteroatoms. The average Bonchev–Trinajstić information content (AvgIpc) is 2.72. The molecule has 2 heterocycles. The monoisotopic (exact) mass is 460 g/mol. The summed E-state index contributed by atoms with van der Waals surface area (Å²) in [6.07, 6.45) is -2.80. The lowest BCUT2D eigenvalue weighted by Crippen LogP contribution is -2.37. The lowest BCUT2D eigenvalue weighted by atomic mass is 10.2. The molecule has 0 amide bonds. The number of aromatic nitrogens is 2. The maximum atomic E-state index is 13.0. The number of nitrogens with one attached hydrogen (secondary N) is 2. The van der Waals surface area contributed by atoms with Crippen LogP contribution in [-0.4, -0.2) is 59.2 Å². The number of ether oxygens (including phenoxy) is 1. The van der Waals surface area contributed by atoms with Crippen molar-refractivity contribution in [1.82, 2.24) is 14.9 Å². The Bertz CT molecular complexity index is 925. The number of nitro groups is 1. The number of halogens is 4. The summed E-state index contributed by atoms with van der Waals surface area (Å²) in [6.45, 7) is 4.23. The standard InChI is InChI=1S/C18H20ClF3N6O3/c19-13-3-2-12(18(20,21)22)10-14(13)26-17-15(28(29)30)16(24-11-25-17)23-4-1-5-27-6-8-31-9-7-27/h2-3,10-11H,1,4-9H2,(H2,23,24,25,26). The molecule has 0 bridgehead atoms. The zero-order valence-corrected chi connectivity index (χ0v) is 17.0. The summed E-state index contributed by atoms with van der Waals surface area (Å²) in [5, 5.41) is 17.0. The molecule has 1 aliphatic heterocycles. The molecule has 2 N–H and O–H groups in total. The van der Waals surface area contributed by atoms with Crippen LogP contribution in [0.3, 0.4) is 0 Å². The van der Waals surface area contributed by atoms with Crippen molar-refractivity contribution in [3.63, 3.8) is 0 Å². The van der Waals surface area contributed by atoms with Crippen LogP contribution in [0.2, 0.25) is 5.02 Å². The van der Waals surface area contributed by atoms with Gasteiger partial charge in [-0.2, -0.15) is 13.2 Å². The Hall–Kier alpha value is -2.70. The van der Waals surface area contributed by atoms with Crippen molar-refractivity contribution in [2.45, 2.75) is 12.6 Å². The van der Waals surface area contributed by atoms with Gasteiger partial charge in [-0.25, -0.2) is 9.97 Å². The third-order valence-electron chi connectivity index (χ3n) is 4.60. The maximum Gasteiger partial charge on any atom is 0.416 e. The normalized spacial score (nSPS) is 15.0. The highest BCUT2D eigenvalue weighted by Gasteiger charge is 2.31. The molecule has 1 aromatic carbocycles. The Morgan fingerprint density at radius 2 is 1.94 bits per heavy atom. The second-order valence-electron chi connectivity index (χ2n) is 6.73. The molecule has 1 aromatic heterocycles. The van der Waals surface area contributed by atoms with Crippen molar-refractivity contribution in [2.75, 3.05) is 50.0 Å². The summed E-state index contributed by atoms with van der Waals surface area (Å²) in [4.78, 5) is 20.9. The van der Waals surface area contributed by atoms with Crippen molar-refractivity contribution in [3.8, 4) is 0 Å². The number of alkyl halides is 3. The van der Waals surface area contributed by atoms with Crippen LogP contribution in [0.25, 0.3) is 0 Å². The lowest BCUT2D eigenvalue weighted by molar-refractivity contribution is -0.383. The third kappa shape index (κ3) is 6.15. The predicted octanol–water partition coefficient (Wildman–Crippen LogP) is 3.93. The summed E-state index contributed by atoms with van der Waals surface area (Å²) in [5.41, 5.74) is -1.59. The van der Waals surface area contributed by atoms with Crippen molar-refractivity contribution >= 4 is 34.6 Å². The van der Waals surface area contributed by atoms with Gasteiger partial charge in [0.25, 0.3) is 0 Å². The maximum absolute atomic E-state index is 13.0. The molecule has 0 radical (unpaired) electrons. The van der Waals surface area contributed by atoms with E-state index in [0.717, 1.165) is 44.2 Å². The molecule has 0 spiro atoms. The van der Waals surface area contributed by atoms with E-state index in [2.05, 4.69) is 25.5 Å². The van der Waals surface area contributed by atoms with E-state index in [1.165, 1.54) is 0 Å². The van der Waals surface area contributed by atoms with Crippen LogP contribution in [0.5, 0.6) is 0 Å². The van der Waals surface area contributed by atoms with Gasteiger partial charge >= 0.3 is 11.9 Å². The molecule has 0 unspecified atom stereocenters. The predicted molar refractivity (Wildman–Crippen MR) is 109 cm³/mol. The van der Waals surface area contributed by atoms with Crippen LogP contribution in [0.15, 0.2) is 24.5 Å². The minimum Gasteiger partial charge on any atom is -0.379 e. The van der Waals surface area contributed by atoms with Gasteiger partial charge in [0.2, 0.25) is 11.6 Å². The van der Waals surface area contributed by atoms with Crippen molar-refractivity contribution in [2.24, 2.45) is 0 Å². The second kappa shape index (κ2) is 10.1. The summed E-state index contributed by atoms with van der Waals surface area (Å²) >= 11 is 5.97. The molecule has 9 nitrogen and oxygen atoms in total. The molecule has 3 rings (SSSR count). The molecule has 31 heavy (non-hydrogen) atoms. The van der Waals surface area contributed by atoms with Gasteiger partial charge in [-0.05, 0) is 31.2 Å². The SMILES string of the molecule is O=[N+]([O-])c1c(NCCCN2CCOCC2)ncnc1Nc1cc(C(F)(F)F)ccc1Cl. The van der Waals surface area contributed by atoms with E-state index in [9.17, 15) is 23.3 Å². The summed E-state index contributed by atoms with van der Waals surface area (Å²) in [5.74, 6) is -0.301. The minimum absolute atomic E-state index is 0.0347. The van der Waals surface area contributed by atoms with E-state index in [1.54, 1.807) is 0 Å². The van der Waals surface area contributed by atoms with Gasteiger partial charge in [-0.3, -0.25) is 15.0 Å². The first kappa shape index (κ1) is 23.0. The Labute approximate surface area is 180 Å². The summed E-state index contributed by atoms with van der Waals surface area (Å²) in [7, 11) is 0.